The van der Waals surface area contributed by atoms with Crippen LogP contribution in [0.4, 0.5) is 0 Å². The maximum Gasteiger partial charge on any atom is 0.228 e. The van der Waals surface area contributed by atoms with Crippen molar-refractivity contribution in [2.24, 2.45) is 11.3 Å². The fourth-order valence-corrected chi connectivity index (χ4v) is 4.26. The number of rotatable bonds is 6. The van der Waals surface area contributed by atoms with E-state index in [1.165, 1.54) is 0 Å². The van der Waals surface area contributed by atoms with Crippen molar-refractivity contribution >= 4 is 5.91 Å². The van der Waals surface area contributed by atoms with Crippen LogP contribution in [0.2, 0.25) is 0 Å². The number of methoxy groups -OCH3 is 1. The molecule has 0 bridgehead atoms. The highest BCUT2D eigenvalue weighted by atomic mass is 16.5. The van der Waals surface area contributed by atoms with Crippen molar-refractivity contribution in [2.45, 2.75) is 52.1 Å². The number of amides is 1. The predicted molar refractivity (Wildman–Crippen MR) is 100 cm³/mol. The van der Waals surface area contributed by atoms with Gasteiger partial charge in [0.05, 0.1) is 25.7 Å². The molecule has 2 fully saturated rings. The quantitative estimate of drug-likeness (QED) is 0.845. The fourth-order valence-electron chi connectivity index (χ4n) is 4.26. The summed E-state index contributed by atoms with van der Waals surface area (Å²) in [5.41, 5.74) is 1.38. The van der Waals surface area contributed by atoms with Gasteiger partial charge in [0, 0.05) is 24.6 Å². The Hall–Kier alpha value is -1.75. The average molecular weight is 361 g/mol. The first-order valence-corrected chi connectivity index (χ1v) is 9.71. The third kappa shape index (κ3) is 3.83. The molecule has 0 radical (unpaired) electrons. The van der Waals surface area contributed by atoms with E-state index >= 15 is 0 Å². The number of likely N-dealkylation sites (tertiary alicyclic amines) is 1. The van der Waals surface area contributed by atoms with Gasteiger partial charge in [0.15, 0.2) is 0 Å². The topological polar surface area (TPSA) is 59.0 Å². The van der Waals surface area contributed by atoms with E-state index in [0.717, 1.165) is 55.8 Å². The second-order valence-electron chi connectivity index (χ2n) is 7.93. The first-order valence-electron chi connectivity index (χ1n) is 9.71. The van der Waals surface area contributed by atoms with E-state index in [1.807, 2.05) is 36.9 Å². The summed E-state index contributed by atoms with van der Waals surface area (Å²) in [5, 5.41) is 9.32. The Bertz CT molecular complexity index is 625. The monoisotopic (exact) mass is 361 g/mol. The molecule has 1 saturated heterocycles. The second kappa shape index (κ2) is 7.87. The van der Waals surface area contributed by atoms with Gasteiger partial charge in [0.2, 0.25) is 5.91 Å². The van der Waals surface area contributed by atoms with Crippen molar-refractivity contribution in [1.29, 1.82) is 0 Å². The maximum atomic E-state index is 12.3. The lowest BCUT2D eigenvalue weighted by Crippen LogP contribution is -2.61. The Balaban J connectivity index is 1.49. The van der Waals surface area contributed by atoms with Crippen LogP contribution in [0.3, 0.4) is 0 Å². The molecule has 1 aromatic rings. The van der Waals surface area contributed by atoms with Gasteiger partial charge in [0.1, 0.15) is 11.5 Å². The Morgan fingerprint density at radius 2 is 2.04 bits per heavy atom. The molecular formula is C21H31NO4. The highest BCUT2D eigenvalue weighted by Gasteiger charge is 2.47. The molecule has 1 aliphatic heterocycles. The Labute approximate surface area is 156 Å². The molecule has 1 atom stereocenters. The van der Waals surface area contributed by atoms with Crippen LogP contribution < -0.4 is 9.47 Å². The van der Waals surface area contributed by atoms with Crippen molar-refractivity contribution < 1.29 is 19.4 Å². The molecule has 3 rings (SSSR count). The van der Waals surface area contributed by atoms with Gasteiger partial charge >= 0.3 is 0 Å². The molecule has 1 spiro atoms. The summed E-state index contributed by atoms with van der Waals surface area (Å²) in [6, 6.07) is 5.99. The average Bonchev–Trinajstić information content (AvgIpc) is 2.63. The predicted octanol–water partition coefficient (Wildman–Crippen LogP) is 3.17. The summed E-state index contributed by atoms with van der Waals surface area (Å²) in [4.78, 5) is 14.3. The smallest absolute Gasteiger partial charge is 0.228 e. The molecule has 1 N–H and O–H groups in total. The van der Waals surface area contributed by atoms with Gasteiger partial charge in [-0.25, -0.2) is 0 Å². The van der Waals surface area contributed by atoms with Gasteiger partial charge in [-0.1, -0.05) is 13.0 Å². The maximum absolute atomic E-state index is 12.3. The lowest BCUT2D eigenvalue weighted by molar-refractivity contribution is -0.152. The SMILES string of the molecule is CC[C@H](CO)C(=O)N1CC2(CCC(Oc3ccc(C)c(OC)c3)CC2)C1. The first-order chi connectivity index (χ1) is 12.5. The van der Waals surface area contributed by atoms with Crippen LogP contribution in [0.15, 0.2) is 18.2 Å². The lowest BCUT2D eigenvalue weighted by atomic mass is 9.67. The highest BCUT2D eigenvalue weighted by Crippen LogP contribution is 2.45. The molecule has 1 saturated carbocycles. The standard InChI is InChI=1S/C21H31NO4/c1-4-16(12-23)20(24)22-13-21(14-22)9-7-17(8-10-21)26-18-6-5-15(2)19(11-18)25-3/h5-6,11,16-17,23H,4,7-10,12-14H2,1-3H3/t16-/m1/s1. The van der Waals surface area contributed by atoms with E-state index in [4.69, 9.17) is 9.47 Å². The van der Waals surface area contributed by atoms with E-state index in [-0.39, 0.29) is 30.0 Å². The minimum Gasteiger partial charge on any atom is -0.496 e. The van der Waals surface area contributed by atoms with Crippen LogP contribution in [-0.2, 0) is 4.79 Å². The zero-order valence-electron chi connectivity index (χ0n) is 16.2. The first kappa shape index (κ1) is 19.0. The highest BCUT2D eigenvalue weighted by molar-refractivity contribution is 5.80. The number of aryl methyl sites for hydroxylation is 1. The number of aliphatic hydroxyl groups is 1. The van der Waals surface area contributed by atoms with Gasteiger partial charge in [-0.05, 0) is 50.7 Å². The van der Waals surface area contributed by atoms with Crippen LogP contribution in [-0.4, -0.2) is 48.8 Å². The summed E-state index contributed by atoms with van der Waals surface area (Å²) < 4.78 is 11.5. The van der Waals surface area contributed by atoms with Crippen molar-refractivity contribution in [3.05, 3.63) is 23.8 Å². The lowest BCUT2D eigenvalue weighted by Gasteiger charge is -2.54. The van der Waals surface area contributed by atoms with E-state index in [2.05, 4.69) is 0 Å². The number of benzene rings is 1. The normalized spacial score (nSPS) is 20.5. The van der Waals surface area contributed by atoms with Gasteiger partial charge in [0.25, 0.3) is 0 Å². The fraction of sp³-hybridized carbons (Fsp3) is 0.667. The number of aliphatic hydroxyl groups excluding tert-OH is 1. The van der Waals surface area contributed by atoms with E-state index < -0.39 is 0 Å². The van der Waals surface area contributed by atoms with Gasteiger partial charge in [-0.2, -0.15) is 0 Å². The zero-order valence-corrected chi connectivity index (χ0v) is 16.2. The van der Waals surface area contributed by atoms with Gasteiger partial charge < -0.3 is 19.5 Å². The van der Waals surface area contributed by atoms with Crippen LogP contribution >= 0.6 is 0 Å². The molecule has 1 heterocycles. The summed E-state index contributed by atoms with van der Waals surface area (Å²) in [6.07, 6.45) is 5.18. The third-order valence-corrected chi connectivity index (χ3v) is 6.10. The second-order valence-corrected chi connectivity index (χ2v) is 7.93. The molecule has 144 valence electrons. The summed E-state index contributed by atoms with van der Waals surface area (Å²) in [6.45, 7) is 5.61. The molecule has 1 amide bonds. The van der Waals surface area contributed by atoms with E-state index in [1.54, 1.807) is 7.11 Å². The summed E-state index contributed by atoms with van der Waals surface area (Å²) in [7, 11) is 1.68. The molecule has 0 unspecified atom stereocenters. The van der Waals surface area contributed by atoms with Crippen molar-refractivity contribution in [3.8, 4) is 11.5 Å². The van der Waals surface area contributed by atoms with E-state index in [0.29, 0.717) is 6.42 Å². The molecule has 1 aromatic carbocycles. The zero-order chi connectivity index (χ0) is 18.7. The summed E-state index contributed by atoms with van der Waals surface area (Å²) >= 11 is 0. The van der Waals surface area contributed by atoms with Crippen LogP contribution in [0.5, 0.6) is 11.5 Å². The van der Waals surface area contributed by atoms with E-state index in [9.17, 15) is 9.90 Å². The Morgan fingerprint density at radius 3 is 2.62 bits per heavy atom. The minimum atomic E-state index is -0.233. The number of hydrogen-bond donors (Lipinski definition) is 1. The molecule has 2 aliphatic rings. The number of ether oxygens (including phenoxy) is 2. The van der Waals surface area contributed by atoms with Crippen molar-refractivity contribution in [3.63, 3.8) is 0 Å². The Kier molecular flexibility index (Phi) is 5.76. The molecule has 0 aromatic heterocycles. The number of carbonyl (C=O) groups is 1. The molecule has 5 heteroatoms. The third-order valence-electron chi connectivity index (χ3n) is 6.10. The number of hydrogen-bond acceptors (Lipinski definition) is 4. The molecule has 26 heavy (non-hydrogen) atoms. The number of carbonyl (C=O) groups excluding carboxylic acids is 1. The summed E-state index contributed by atoms with van der Waals surface area (Å²) in [5.74, 6) is 1.61. The largest absolute Gasteiger partial charge is 0.496 e. The molecular weight excluding hydrogens is 330 g/mol. The number of nitrogens with zero attached hydrogens (tertiary/aromatic N) is 1. The van der Waals surface area contributed by atoms with Crippen molar-refractivity contribution in [2.75, 3.05) is 26.8 Å². The molecule has 5 nitrogen and oxygen atoms in total. The Morgan fingerprint density at radius 1 is 1.35 bits per heavy atom. The van der Waals surface area contributed by atoms with Gasteiger partial charge in [-0.15, -0.1) is 0 Å². The van der Waals surface area contributed by atoms with Crippen LogP contribution in [0.25, 0.3) is 0 Å². The van der Waals surface area contributed by atoms with Crippen LogP contribution in [0, 0.1) is 18.3 Å². The van der Waals surface area contributed by atoms with Gasteiger partial charge in [-0.3, -0.25) is 4.79 Å². The minimum absolute atomic E-state index is 0.0469. The van der Waals surface area contributed by atoms with Crippen molar-refractivity contribution in [1.82, 2.24) is 4.90 Å². The van der Waals surface area contributed by atoms with Crippen LogP contribution in [0.1, 0.15) is 44.6 Å². The molecule has 1 aliphatic carbocycles.